The monoisotopic (exact) mass is 404 g/mol. The summed E-state index contributed by atoms with van der Waals surface area (Å²) in [6.07, 6.45) is 3.89. The van der Waals surface area contributed by atoms with Gasteiger partial charge in [-0.1, -0.05) is 42.5 Å². The quantitative estimate of drug-likeness (QED) is 0.638. The van der Waals surface area contributed by atoms with Crippen molar-refractivity contribution in [3.8, 4) is 11.1 Å². The number of carbonyl (C=O) groups excluding carboxylic acids is 1. The zero-order valence-corrected chi connectivity index (χ0v) is 17.3. The van der Waals surface area contributed by atoms with Crippen molar-refractivity contribution in [1.29, 1.82) is 0 Å². The van der Waals surface area contributed by atoms with Gasteiger partial charge in [-0.25, -0.2) is 14.4 Å². The van der Waals surface area contributed by atoms with Gasteiger partial charge in [-0.15, -0.1) is 0 Å². The minimum atomic E-state index is -0.296. The fourth-order valence-electron chi connectivity index (χ4n) is 3.92. The normalized spacial score (nSPS) is 16.0. The minimum Gasteiger partial charge on any atom is -0.347 e. The Bertz CT molecular complexity index is 1020. The Morgan fingerprint density at radius 2 is 1.87 bits per heavy atom. The highest BCUT2D eigenvalue weighted by molar-refractivity contribution is 5.80. The van der Waals surface area contributed by atoms with Gasteiger partial charge < -0.3 is 9.80 Å². The van der Waals surface area contributed by atoms with Gasteiger partial charge in [-0.3, -0.25) is 4.79 Å². The predicted octanol–water partition coefficient (Wildman–Crippen LogP) is 4.25. The van der Waals surface area contributed by atoms with E-state index < -0.39 is 0 Å². The van der Waals surface area contributed by atoms with Crippen LogP contribution in [0.15, 0.2) is 60.8 Å². The van der Waals surface area contributed by atoms with E-state index in [0.717, 1.165) is 35.2 Å². The van der Waals surface area contributed by atoms with Crippen molar-refractivity contribution < 1.29 is 9.18 Å². The number of amides is 1. The Hall–Kier alpha value is -3.28. The molecule has 1 aliphatic heterocycles. The number of hydrogen-bond acceptors (Lipinski definition) is 4. The second-order valence-corrected chi connectivity index (χ2v) is 7.78. The minimum absolute atomic E-state index is 0.0353. The maximum atomic E-state index is 13.2. The highest BCUT2D eigenvalue weighted by atomic mass is 19.1. The molecular weight excluding hydrogens is 379 g/mol. The molecule has 5 nitrogen and oxygen atoms in total. The summed E-state index contributed by atoms with van der Waals surface area (Å²) in [6, 6.07) is 16.1. The number of halogens is 1. The van der Waals surface area contributed by atoms with E-state index in [1.54, 1.807) is 12.1 Å². The van der Waals surface area contributed by atoms with E-state index in [2.05, 4.69) is 4.98 Å². The van der Waals surface area contributed by atoms with Crippen molar-refractivity contribution in [2.75, 3.05) is 25.5 Å². The molecule has 1 amide bonds. The van der Waals surface area contributed by atoms with E-state index >= 15 is 0 Å². The lowest BCUT2D eigenvalue weighted by atomic mass is 9.99. The summed E-state index contributed by atoms with van der Waals surface area (Å²) in [5.41, 5.74) is 3.68. The third-order valence-corrected chi connectivity index (χ3v) is 5.45. The Morgan fingerprint density at radius 1 is 1.13 bits per heavy atom. The number of rotatable bonds is 5. The second kappa shape index (κ2) is 8.61. The molecule has 1 aliphatic rings. The molecule has 30 heavy (non-hydrogen) atoms. The summed E-state index contributed by atoms with van der Waals surface area (Å²) in [5, 5.41) is 0. The molecule has 0 unspecified atom stereocenters. The number of carbonyl (C=O) groups is 1. The van der Waals surface area contributed by atoms with Gasteiger partial charge in [-0.2, -0.15) is 0 Å². The molecular formula is C24H25FN4O. The van der Waals surface area contributed by atoms with Crippen LogP contribution in [0.5, 0.6) is 0 Å². The Morgan fingerprint density at radius 3 is 2.57 bits per heavy atom. The highest BCUT2D eigenvalue weighted by Crippen LogP contribution is 2.37. The van der Waals surface area contributed by atoms with Crippen LogP contribution in [-0.4, -0.2) is 41.4 Å². The molecule has 0 aliphatic carbocycles. The molecule has 1 saturated heterocycles. The van der Waals surface area contributed by atoms with Crippen LogP contribution in [0.1, 0.15) is 30.1 Å². The van der Waals surface area contributed by atoms with Crippen LogP contribution in [0.3, 0.4) is 0 Å². The van der Waals surface area contributed by atoms with Crippen LogP contribution in [0.2, 0.25) is 0 Å². The van der Waals surface area contributed by atoms with Gasteiger partial charge in [-0.05, 0) is 36.1 Å². The number of nitrogens with zero attached hydrogens (tertiary/aromatic N) is 4. The number of likely N-dealkylation sites (tertiary alicyclic amines) is 1. The van der Waals surface area contributed by atoms with Crippen LogP contribution in [-0.2, 0) is 11.2 Å². The fraction of sp³-hybridized carbons (Fsp3) is 0.292. The first-order valence-corrected chi connectivity index (χ1v) is 10.2. The lowest BCUT2D eigenvalue weighted by Gasteiger charge is -2.27. The van der Waals surface area contributed by atoms with Gasteiger partial charge in [0.1, 0.15) is 5.82 Å². The molecule has 154 valence electrons. The maximum Gasteiger partial charge on any atom is 0.227 e. The SMILES string of the molecule is CN(C)c1ncc(-c2ccccc2)c([C@H]2CCCN2C(=O)Cc2ccc(F)cc2)n1. The van der Waals surface area contributed by atoms with Gasteiger partial charge in [0, 0.05) is 32.4 Å². The van der Waals surface area contributed by atoms with Crippen molar-refractivity contribution in [3.63, 3.8) is 0 Å². The predicted molar refractivity (Wildman–Crippen MR) is 116 cm³/mol. The van der Waals surface area contributed by atoms with E-state index in [-0.39, 0.29) is 24.2 Å². The average molecular weight is 404 g/mol. The third kappa shape index (κ3) is 4.17. The van der Waals surface area contributed by atoms with E-state index in [4.69, 9.17) is 4.98 Å². The fourth-order valence-corrected chi connectivity index (χ4v) is 3.92. The highest BCUT2D eigenvalue weighted by Gasteiger charge is 2.33. The molecule has 1 aromatic heterocycles. The molecule has 0 radical (unpaired) electrons. The molecule has 6 heteroatoms. The Balaban J connectivity index is 1.68. The average Bonchev–Trinajstić information content (AvgIpc) is 3.25. The standard InChI is InChI=1S/C24H25FN4O/c1-28(2)24-26-16-20(18-7-4-3-5-8-18)23(27-24)21-9-6-14-29(21)22(30)15-17-10-12-19(25)13-11-17/h3-5,7-8,10-13,16,21H,6,9,14-15H2,1-2H3/t21-/m1/s1. The molecule has 3 aromatic rings. The maximum absolute atomic E-state index is 13.2. The smallest absolute Gasteiger partial charge is 0.227 e. The largest absolute Gasteiger partial charge is 0.347 e. The number of benzene rings is 2. The molecule has 4 rings (SSSR count). The van der Waals surface area contributed by atoms with Gasteiger partial charge in [0.25, 0.3) is 0 Å². The number of anilines is 1. The van der Waals surface area contributed by atoms with Crippen LogP contribution in [0.25, 0.3) is 11.1 Å². The first-order valence-electron chi connectivity index (χ1n) is 10.2. The molecule has 2 aromatic carbocycles. The topological polar surface area (TPSA) is 49.3 Å². The zero-order valence-electron chi connectivity index (χ0n) is 17.3. The summed E-state index contributed by atoms with van der Waals surface area (Å²) >= 11 is 0. The number of hydrogen-bond donors (Lipinski definition) is 0. The Labute approximate surface area is 176 Å². The molecule has 1 atom stereocenters. The molecule has 0 N–H and O–H groups in total. The van der Waals surface area contributed by atoms with Crippen molar-refractivity contribution >= 4 is 11.9 Å². The summed E-state index contributed by atoms with van der Waals surface area (Å²) in [6.45, 7) is 0.695. The van der Waals surface area contributed by atoms with Crippen molar-refractivity contribution in [2.24, 2.45) is 0 Å². The van der Waals surface area contributed by atoms with E-state index in [1.165, 1.54) is 12.1 Å². The van der Waals surface area contributed by atoms with Gasteiger partial charge in [0.2, 0.25) is 11.9 Å². The zero-order chi connectivity index (χ0) is 21.1. The molecule has 0 spiro atoms. The molecule has 0 saturated carbocycles. The molecule has 0 bridgehead atoms. The molecule has 2 heterocycles. The first-order chi connectivity index (χ1) is 14.5. The summed E-state index contributed by atoms with van der Waals surface area (Å²) in [5.74, 6) is 0.366. The number of aromatic nitrogens is 2. The van der Waals surface area contributed by atoms with Gasteiger partial charge >= 0.3 is 0 Å². The second-order valence-electron chi connectivity index (χ2n) is 7.78. The summed E-state index contributed by atoms with van der Waals surface area (Å²) < 4.78 is 13.2. The van der Waals surface area contributed by atoms with Crippen molar-refractivity contribution in [1.82, 2.24) is 14.9 Å². The summed E-state index contributed by atoms with van der Waals surface area (Å²) in [4.78, 5) is 26.3. The lowest BCUT2D eigenvalue weighted by molar-refractivity contribution is -0.131. The van der Waals surface area contributed by atoms with Crippen LogP contribution in [0.4, 0.5) is 10.3 Å². The van der Waals surface area contributed by atoms with Gasteiger partial charge in [0.15, 0.2) is 0 Å². The van der Waals surface area contributed by atoms with Crippen molar-refractivity contribution in [2.45, 2.75) is 25.3 Å². The van der Waals surface area contributed by atoms with Crippen LogP contribution < -0.4 is 4.90 Å². The van der Waals surface area contributed by atoms with E-state index in [0.29, 0.717) is 12.5 Å². The van der Waals surface area contributed by atoms with Gasteiger partial charge in [0.05, 0.1) is 18.2 Å². The Kier molecular flexibility index (Phi) is 5.74. The van der Waals surface area contributed by atoms with E-state index in [9.17, 15) is 9.18 Å². The van der Waals surface area contributed by atoms with Crippen LogP contribution >= 0.6 is 0 Å². The van der Waals surface area contributed by atoms with Crippen molar-refractivity contribution in [3.05, 3.63) is 77.9 Å². The summed E-state index contributed by atoms with van der Waals surface area (Å²) in [7, 11) is 3.82. The first kappa shape index (κ1) is 20.0. The van der Waals surface area contributed by atoms with Crippen LogP contribution in [0, 0.1) is 5.82 Å². The van der Waals surface area contributed by atoms with E-state index in [1.807, 2.05) is 60.4 Å². The lowest BCUT2D eigenvalue weighted by Crippen LogP contribution is -2.32. The third-order valence-electron chi connectivity index (χ3n) is 5.45. The molecule has 1 fully saturated rings.